The predicted octanol–water partition coefficient (Wildman–Crippen LogP) is 4.17. The summed E-state index contributed by atoms with van der Waals surface area (Å²) in [5.41, 5.74) is -2.28. The van der Waals surface area contributed by atoms with Gasteiger partial charge in [0.1, 0.15) is 5.60 Å². The molecule has 3 nitrogen and oxygen atoms in total. The van der Waals surface area contributed by atoms with Gasteiger partial charge in [-0.25, -0.2) is 0 Å². The van der Waals surface area contributed by atoms with Crippen LogP contribution in [0.15, 0.2) is 30.3 Å². The van der Waals surface area contributed by atoms with E-state index in [4.69, 9.17) is 4.74 Å². The standard InChI is InChI=1S/C18H24F3NO2/c1-16(2,3)24-15(23)17(18(19,20)21)9-11-22(12-10-17)13-14-7-5-4-6-8-14/h4-8H,9-13H2,1-3H3. The number of nitrogens with zero attached hydrogens (tertiary/aromatic N) is 1. The van der Waals surface area contributed by atoms with Gasteiger partial charge < -0.3 is 4.74 Å². The summed E-state index contributed by atoms with van der Waals surface area (Å²) in [5, 5.41) is 0. The van der Waals surface area contributed by atoms with E-state index in [0.29, 0.717) is 6.54 Å². The van der Waals surface area contributed by atoms with Crippen LogP contribution in [0.4, 0.5) is 13.2 Å². The van der Waals surface area contributed by atoms with Crippen molar-refractivity contribution in [1.29, 1.82) is 0 Å². The van der Waals surface area contributed by atoms with Crippen LogP contribution >= 0.6 is 0 Å². The van der Waals surface area contributed by atoms with Gasteiger partial charge in [0.2, 0.25) is 0 Å². The molecule has 1 aliphatic heterocycles. The number of hydrogen-bond acceptors (Lipinski definition) is 3. The Morgan fingerprint density at radius 2 is 1.67 bits per heavy atom. The van der Waals surface area contributed by atoms with Crippen LogP contribution in [0, 0.1) is 5.41 Å². The second-order valence-electron chi connectivity index (χ2n) is 7.34. The van der Waals surface area contributed by atoms with Gasteiger partial charge in [-0.3, -0.25) is 9.69 Å². The Hall–Kier alpha value is -1.56. The molecule has 24 heavy (non-hydrogen) atoms. The lowest BCUT2D eigenvalue weighted by molar-refractivity contribution is -0.250. The lowest BCUT2D eigenvalue weighted by atomic mass is 9.77. The molecule has 0 aliphatic carbocycles. The number of esters is 1. The third-order valence-electron chi connectivity index (χ3n) is 4.29. The zero-order valence-electron chi connectivity index (χ0n) is 14.3. The molecule has 134 valence electrons. The Morgan fingerprint density at radius 3 is 2.12 bits per heavy atom. The highest BCUT2D eigenvalue weighted by Gasteiger charge is 2.62. The molecule has 1 aromatic rings. The quantitative estimate of drug-likeness (QED) is 0.772. The van der Waals surface area contributed by atoms with Crippen molar-refractivity contribution >= 4 is 5.97 Å². The van der Waals surface area contributed by atoms with Crippen molar-refractivity contribution in [2.75, 3.05) is 13.1 Å². The summed E-state index contributed by atoms with van der Waals surface area (Å²) < 4.78 is 46.1. The molecule has 0 saturated carbocycles. The molecule has 0 spiro atoms. The predicted molar refractivity (Wildman–Crippen MR) is 85.3 cm³/mol. The van der Waals surface area contributed by atoms with Gasteiger partial charge in [-0.2, -0.15) is 13.2 Å². The molecule has 0 atom stereocenters. The van der Waals surface area contributed by atoms with Gasteiger partial charge in [0.15, 0.2) is 5.41 Å². The second kappa shape index (κ2) is 6.75. The average molecular weight is 343 g/mol. The van der Waals surface area contributed by atoms with Crippen molar-refractivity contribution in [2.24, 2.45) is 5.41 Å². The number of alkyl halides is 3. The third-order valence-corrected chi connectivity index (χ3v) is 4.29. The van der Waals surface area contributed by atoms with E-state index in [2.05, 4.69) is 0 Å². The number of likely N-dealkylation sites (tertiary alicyclic amines) is 1. The van der Waals surface area contributed by atoms with Crippen LogP contribution in [0.2, 0.25) is 0 Å². The van der Waals surface area contributed by atoms with Crippen LogP contribution in [0.3, 0.4) is 0 Å². The number of benzene rings is 1. The first kappa shape index (κ1) is 18.8. The summed E-state index contributed by atoms with van der Waals surface area (Å²) in [6, 6.07) is 9.59. The van der Waals surface area contributed by atoms with Crippen LogP contribution in [-0.4, -0.2) is 35.7 Å². The summed E-state index contributed by atoms with van der Waals surface area (Å²) in [6.45, 7) is 5.77. The first-order valence-corrected chi connectivity index (χ1v) is 8.10. The third kappa shape index (κ3) is 4.29. The van der Waals surface area contributed by atoms with Gasteiger partial charge >= 0.3 is 12.1 Å². The molecule has 0 N–H and O–H groups in total. The number of ether oxygens (including phenoxy) is 1. The Kier molecular flexibility index (Phi) is 5.28. The van der Waals surface area contributed by atoms with Crippen LogP contribution in [-0.2, 0) is 16.1 Å². The second-order valence-corrected chi connectivity index (χ2v) is 7.34. The molecular formula is C18H24F3NO2. The SMILES string of the molecule is CC(C)(C)OC(=O)C1(C(F)(F)F)CCN(Cc2ccccc2)CC1. The van der Waals surface area contributed by atoms with Gasteiger partial charge in [-0.15, -0.1) is 0 Å². The summed E-state index contributed by atoms with van der Waals surface area (Å²) in [4.78, 5) is 14.2. The van der Waals surface area contributed by atoms with Crippen molar-refractivity contribution < 1.29 is 22.7 Å². The number of carbonyl (C=O) groups excluding carboxylic acids is 1. The first-order valence-electron chi connectivity index (χ1n) is 8.10. The molecule has 0 bridgehead atoms. The van der Waals surface area contributed by atoms with E-state index in [9.17, 15) is 18.0 Å². The van der Waals surface area contributed by atoms with E-state index in [0.717, 1.165) is 5.56 Å². The lowest BCUT2D eigenvalue weighted by Crippen LogP contribution is -2.54. The highest BCUT2D eigenvalue weighted by atomic mass is 19.4. The van der Waals surface area contributed by atoms with E-state index in [1.54, 1.807) is 20.8 Å². The Bertz CT molecular complexity index is 556. The smallest absolute Gasteiger partial charge is 0.405 e. The van der Waals surface area contributed by atoms with Crippen molar-refractivity contribution in [3.8, 4) is 0 Å². The molecule has 1 fully saturated rings. The van der Waals surface area contributed by atoms with Crippen LogP contribution in [0.25, 0.3) is 0 Å². The summed E-state index contributed by atoms with van der Waals surface area (Å²) in [6.07, 6.45) is -5.13. The molecule has 1 aromatic carbocycles. The van der Waals surface area contributed by atoms with E-state index in [1.807, 2.05) is 35.2 Å². The Morgan fingerprint density at radius 1 is 1.12 bits per heavy atom. The molecule has 0 aromatic heterocycles. The molecule has 6 heteroatoms. The fourth-order valence-corrected chi connectivity index (χ4v) is 2.91. The fourth-order valence-electron chi connectivity index (χ4n) is 2.91. The van der Waals surface area contributed by atoms with Gasteiger partial charge in [-0.1, -0.05) is 30.3 Å². The minimum atomic E-state index is -4.60. The molecule has 1 heterocycles. The summed E-state index contributed by atoms with van der Waals surface area (Å²) in [7, 11) is 0. The van der Waals surface area contributed by atoms with Crippen LogP contribution < -0.4 is 0 Å². The van der Waals surface area contributed by atoms with Crippen LogP contribution in [0.1, 0.15) is 39.2 Å². The van der Waals surface area contributed by atoms with Crippen molar-refractivity contribution in [2.45, 2.75) is 51.9 Å². The van der Waals surface area contributed by atoms with E-state index < -0.39 is 23.2 Å². The highest BCUT2D eigenvalue weighted by Crippen LogP contribution is 2.48. The Labute approximate surface area is 140 Å². The number of carbonyl (C=O) groups is 1. The topological polar surface area (TPSA) is 29.5 Å². The van der Waals surface area contributed by atoms with Gasteiger partial charge in [0, 0.05) is 6.54 Å². The van der Waals surface area contributed by atoms with Crippen molar-refractivity contribution in [3.63, 3.8) is 0 Å². The molecule has 2 rings (SSSR count). The average Bonchev–Trinajstić information content (AvgIpc) is 2.46. The van der Waals surface area contributed by atoms with Gasteiger partial charge in [0.05, 0.1) is 0 Å². The fraction of sp³-hybridized carbons (Fsp3) is 0.611. The van der Waals surface area contributed by atoms with Crippen LogP contribution in [0.5, 0.6) is 0 Å². The summed E-state index contributed by atoms with van der Waals surface area (Å²) >= 11 is 0. The highest BCUT2D eigenvalue weighted by molar-refractivity contribution is 5.78. The first-order chi connectivity index (χ1) is 11.0. The van der Waals surface area contributed by atoms with Gasteiger partial charge in [-0.05, 0) is 52.3 Å². The van der Waals surface area contributed by atoms with E-state index >= 15 is 0 Å². The lowest BCUT2D eigenvalue weighted by Gasteiger charge is -2.42. The van der Waals surface area contributed by atoms with Crippen molar-refractivity contribution in [3.05, 3.63) is 35.9 Å². The largest absolute Gasteiger partial charge is 0.459 e. The van der Waals surface area contributed by atoms with E-state index in [-0.39, 0.29) is 25.9 Å². The normalized spacial score (nSPS) is 19.1. The Balaban J connectivity index is 2.09. The summed E-state index contributed by atoms with van der Waals surface area (Å²) in [5.74, 6) is -1.15. The molecular weight excluding hydrogens is 319 g/mol. The zero-order chi connectivity index (χ0) is 18.0. The van der Waals surface area contributed by atoms with E-state index in [1.165, 1.54) is 0 Å². The maximum Gasteiger partial charge on any atom is 0.405 e. The molecule has 1 saturated heterocycles. The maximum absolute atomic E-state index is 13.7. The number of halogens is 3. The number of hydrogen-bond donors (Lipinski definition) is 0. The molecule has 0 unspecified atom stereocenters. The van der Waals surface area contributed by atoms with Crippen molar-refractivity contribution in [1.82, 2.24) is 4.90 Å². The maximum atomic E-state index is 13.7. The monoisotopic (exact) mass is 343 g/mol. The minimum absolute atomic E-state index is 0.216. The number of rotatable bonds is 3. The molecule has 0 amide bonds. The van der Waals surface area contributed by atoms with Gasteiger partial charge in [0.25, 0.3) is 0 Å². The number of piperidine rings is 1. The molecule has 0 radical (unpaired) electrons. The minimum Gasteiger partial charge on any atom is -0.459 e. The zero-order valence-corrected chi connectivity index (χ0v) is 14.3. The molecule has 1 aliphatic rings.